The maximum absolute atomic E-state index is 5.87. The monoisotopic (exact) mass is 303 g/mol. The Kier molecular flexibility index (Phi) is 3.66. The van der Waals surface area contributed by atoms with Crippen LogP contribution in [0.1, 0.15) is 11.6 Å². The van der Waals surface area contributed by atoms with E-state index in [0.717, 1.165) is 33.9 Å². The summed E-state index contributed by atoms with van der Waals surface area (Å²) in [5.74, 6) is 2.74. The van der Waals surface area contributed by atoms with Gasteiger partial charge < -0.3 is 14.7 Å². The highest BCUT2D eigenvalue weighted by Gasteiger charge is 2.05. The third kappa shape index (κ3) is 3.03. The smallest absolute Gasteiger partial charge is 0.134 e. The van der Waals surface area contributed by atoms with Gasteiger partial charge in [0, 0.05) is 5.56 Å². The first kappa shape index (κ1) is 13.8. The van der Waals surface area contributed by atoms with Crippen LogP contribution < -0.4 is 5.32 Å². The molecule has 0 aliphatic carbocycles. The number of hydrogen-bond acceptors (Lipinski definition) is 3. The van der Waals surface area contributed by atoms with Gasteiger partial charge in [-0.25, -0.2) is 4.98 Å². The number of furan rings is 1. The maximum atomic E-state index is 5.87. The van der Waals surface area contributed by atoms with Crippen LogP contribution in [-0.2, 0) is 13.1 Å². The van der Waals surface area contributed by atoms with E-state index in [1.807, 2.05) is 66.7 Å². The van der Waals surface area contributed by atoms with Crippen LogP contribution >= 0.6 is 0 Å². The number of benzene rings is 2. The quantitative estimate of drug-likeness (QED) is 0.583. The molecule has 0 atom stereocenters. The van der Waals surface area contributed by atoms with Crippen molar-refractivity contribution in [3.8, 4) is 11.3 Å². The van der Waals surface area contributed by atoms with Gasteiger partial charge in [-0.1, -0.05) is 42.5 Å². The average Bonchev–Trinajstić information content (AvgIpc) is 3.22. The molecule has 4 aromatic rings. The summed E-state index contributed by atoms with van der Waals surface area (Å²) < 4.78 is 5.87. The molecule has 0 amide bonds. The minimum absolute atomic E-state index is 0.671. The number of para-hydroxylation sites is 2. The van der Waals surface area contributed by atoms with Crippen LogP contribution in [0.3, 0.4) is 0 Å². The third-order valence-electron chi connectivity index (χ3n) is 3.75. The molecular weight excluding hydrogens is 286 g/mol. The van der Waals surface area contributed by atoms with Crippen molar-refractivity contribution in [3.63, 3.8) is 0 Å². The third-order valence-corrected chi connectivity index (χ3v) is 3.75. The van der Waals surface area contributed by atoms with Crippen molar-refractivity contribution >= 4 is 11.0 Å². The van der Waals surface area contributed by atoms with E-state index in [0.29, 0.717) is 13.1 Å². The van der Waals surface area contributed by atoms with Crippen molar-refractivity contribution in [2.24, 2.45) is 0 Å². The second kappa shape index (κ2) is 6.10. The van der Waals surface area contributed by atoms with Gasteiger partial charge in [-0.15, -0.1) is 0 Å². The van der Waals surface area contributed by atoms with Gasteiger partial charge in [0.2, 0.25) is 0 Å². The number of aromatic amines is 1. The van der Waals surface area contributed by atoms with E-state index >= 15 is 0 Å². The first-order valence-corrected chi connectivity index (χ1v) is 7.67. The van der Waals surface area contributed by atoms with Crippen molar-refractivity contribution in [2.75, 3.05) is 0 Å². The van der Waals surface area contributed by atoms with Crippen LogP contribution in [0, 0.1) is 0 Å². The molecule has 23 heavy (non-hydrogen) atoms. The van der Waals surface area contributed by atoms with E-state index < -0.39 is 0 Å². The van der Waals surface area contributed by atoms with Crippen LogP contribution in [0.2, 0.25) is 0 Å². The molecule has 0 radical (unpaired) electrons. The molecule has 0 unspecified atom stereocenters. The fourth-order valence-corrected chi connectivity index (χ4v) is 2.62. The Morgan fingerprint density at radius 1 is 0.870 bits per heavy atom. The minimum Gasteiger partial charge on any atom is -0.460 e. The molecule has 2 aromatic heterocycles. The van der Waals surface area contributed by atoms with E-state index in [-0.39, 0.29) is 0 Å². The molecule has 4 nitrogen and oxygen atoms in total. The van der Waals surface area contributed by atoms with Crippen molar-refractivity contribution in [1.82, 2.24) is 15.3 Å². The van der Waals surface area contributed by atoms with Crippen molar-refractivity contribution in [3.05, 3.63) is 78.3 Å². The van der Waals surface area contributed by atoms with Gasteiger partial charge in [0.25, 0.3) is 0 Å². The number of aromatic nitrogens is 2. The van der Waals surface area contributed by atoms with E-state index in [4.69, 9.17) is 4.42 Å². The Morgan fingerprint density at radius 2 is 1.70 bits per heavy atom. The topological polar surface area (TPSA) is 53.9 Å². The molecule has 0 saturated carbocycles. The molecular formula is C19H17N3O. The molecule has 0 bridgehead atoms. The van der Waals surface area contributed by atoms with Crippen molar-refractivity contribution in [1.29, 1.82) is 0 Å². The molecule has 2 heterocycles. The lowest BCUT2D eigenvalue weighted by atomic mass is 10.2. The fraction of sp³-hybridized carbons (Fsp3) is 0.105. The summed E-state index contributed by atoms with van der Waals surface area (Å²) in [5, 5.41) is 3.36. The number of H-pyrrole nitrogens is 1. The molecule has 0 spiro atoms. The Bertz CT molecular complexity index is 875. The van der Waals surface area contributed by atoms with Gasteiger partial charge in [0.15, 0.2) is 0 Å². The zero-order valence-corrected chi connectivity index (χ0v) is 12.6. The van der Waals surface area contributed by atoms with Crippen LogP contribution in [0.15, 0.2) is 71.1 Å². The molecule has 2 aromatic carbocycles. The van der Waals surface area contributed by atoms with Gasteiger partial charge >= 0.3 is 0 Å². The van der Waals surface area contributed by atoms with Crippen LogP contribution in [-0.4, -0.2) is 9.97 Å². The number of nitrogens with one attached hydrogen (secondary N) is 2. The van der Waals surface area contributed by atoms with Crippen LogP contribution in [0.25, 0.3) is 22.4 Å². The average molecular weight is 303 g/mol. The molecule has 0 saturated heterocycles. The van der Waals surface area contributed by atoms with Crippen LogP contribution in [0.5, 0.6) is 0 Å². The van der Waals surface area contributed by atoms with Crippen molar-refractivity contribution < 1.29 is 4.42 Å². The molecule has 0 aliphatic heterocycles. The summed E-state index contributed by atoms with van der Waals surface area (Å²) in [7, 11) is 0. The summed E-state index contributed by atoms with van der Waals surface area (Å²) >= 11 is 0. The van der Waals surface area contributed by atoms with E-state index in [1.165, 1.54) is 0 Å². The molecule has 4 heteroatoms. The number of imidazole rings is 1. The molecule has 4 rings (SSSR count). The molecule has 0 aliphatic rings. The van der Waals surface area contributed by atoms with Gasteiger partial charge in [-0.3, -0.25) is 0 Å². The molecule has 0 fully saturated rings. The van der Waals surface area contributed by atoms with E-state index in [2.05, 4.69) is 15.3 Å². The Morgan fingerprint density at radius 3 is 2.57 bits per heavy atom. The van der Waals surface area contributed by atoms with Gasteiger partial charge in [0.1, 0.15) is 17.3 Å². The minimum atomic E-state index is 0.671. The van der Waals surface area contributed by atoms with Gasteiger partial charge in [-0.2, -0.15) is 0 Å². The second-order valence-corrected chi connectivity index (χ2v) is 5.44. The summed E-state index contributed by atoms with van der Waals surface area (Å²) in [6.45, 7) is 1.35. The number of rotatable bonds is 5. The van der Waals surface area contributed by atoms with Gasteiger partial charge in [0.05, 0.1) is 24.1 Å². The van der Waals surface area contributed by atoms with Gasteiger partial charge in [-0.05, 0) is 24.3 Å². The summed E-state index contributed by atoms with van der Waals surface area (Å²) in [6.07, 6.45) is 0. The largest absolute Gasteiger partial charge is 0.460 e. The van der Waals surface area contributed by atoms with Crippen molar-refractivity contribution in [2.45, 2.75) is 13.1 Å². The molecule has 114 valence electrons. The number of nitrogens with zero attached hydrogens (tertiary/aromatic N) is 1. The van der Waals surface area contributed by atoms with E-state index in [1.54, 1.807) is 0 Å². The van der Waals surface area contributed by atoms with Crippen LogP contribution in [0.4, 0.5) is 0 Å². The lowest BCUT2D eigenvalue weighted by Crippen LogP contribution is -2.13. The normalized spacial score (nSPS) is 11.1. The second-order valence-electron chi connectivity index (χ2n) is 5.44. The highest BCUT2D eigenvalue weighted by molar-refractivity contribution is 5.74. The lowest BCUT2D eigenvalue weighted by Gasteiger charge is -2.00. The molecule has 2 N–H and O–H groups in total. The highest BCUT2D eigenvalue weighted by Crippen LogP contribution is 2.21. The Labute approximate surface area is 134 Å². The summed E-state index contributed by atoms with van der Waals surface area (Å²) in [6, 6.07) is 22.2. The Balaban J connectivity index is 1.39. The predicted molar refractivity (Wildman–Crippen MR) is 90.8 cm³/mol. The standard InChI is InChI=1S/C19H17N3O/c1-2-6-14(7-3-1)18-11-10-15(23-18)12-20-13-19-21-16-8-4-5-9-17(16)22-19/h1-11,20H,12-13H2,(H,21,22). The highest BCUT2D eigenvalue weighted by atomic mass is 16.3. The predicted octanol–water partition coefficient (Wildman–Crippen LogP) is 4.11. The zero-order chi connectivity index (χ0) is 15.5. The maximum Gasteiger partial charge on any atom is 0.134 e. The summed E-state index contributed by atoms with van der Waals surface area (Å²) in [5.41, 5.74) is 3.15. The first-order valence-electron chi connectivity index (χ1n) is 7.67. The summed E-state index contributed by atoms with van der Waals surface area (Å²) in [4.78, 5) is 7.86. The first-order chi connectivity index (χ1) is 11.4. The lowest BCUT2D eigenvalue weighted by molar-refractivity contribution is 0.491. The zero-order valence-electron chi connectivity index (χ0n) is 12.6. The SMILES string of the molecule is c1ccc(-c2ccc(CNCc3nc4ccccc4[nH]3)o2)cc1. The number of fused-ring (bicyclic) bond motifs is 1. The number of hydrogen-bond donors (Lipinski definition) is 2. The Hall–Kier alpha value is -2.85. The fourth-order valence-electron chi connectivity index (χ4n) is 2.62. The van der Waals surface area contributed by atoms with E-state index in [9.17, 15) is 0 Å².